The average Bonchev–Trinajstić information content (AvgIpc) is 2.89. The summed E-state index contributed by atoms with van der Waals surface area (Å²) in [6.45, 7) is 2.66. The summed E-state index contributed by atoms with van der Waals surface area (Å²) in [5, 5.41) is 0. The summed E-state index contributed by atoms with van der Waals surface area (Å²) < 4.78 is 63.2. The number of fused-ring (bicyclic) bond motifs is 1. The molecule has 1 aliphatic heterocycles. The van der Waals surface area contributed by atoms with Gasteiger partial charge in [0.1, 0.15) is 0 Å². The van der Waals surface area contributed by atoms with Crippen LogP contribution in [0, 0.1) is 0 Å². The fourth-order valence-corrected chi connectivity index (χ4v) is 4.17. The van der Waals surface area contributed by atoms with Crippen molar-refractivity contribution in [3.05, 3.63) is 23.8 Å². The molecule has 0 radical (unpaired) electrons. The van der Waals surface area contributed by atoms with Crippen molar-refractivity contribution < 1.29 is 26.4 Å². The van der Waals surface area contributed by atoms with E-state index in [1.54, 1.807) is 6.07 Å². The van der Waals surface area contributed by atoms with E-state index in [4.69, 9.17) is 0 Å². The van der Waals surface area contributed by atoms with Crippen LogP contribution in [0.5, 0.6) is 0 Å². The molecule has 0 aliphatic carbocycles. The SMILES string of the molecule is CCN(CCC(F)(F)F)S(=O)(=O)c1ccc2c(c1)N(C(C)=O)CC2. The lowest BCUT2D eigenvalue weighted by Gasteiger charge is -2.22. The average molecular weight is 364 g/mol. The number of hydrogen-bond acceptors (Lipinski definition) is 3. The predicted molar refractivity (Wildman–Crippen MR) is 83.3 cm³/mol. The molecule has 0 saturated heterocycles. The summed E-state index contributed by atoms with van der Waals surface area (Å²) in [6, 6.07) is 4.37. The molecule has 1 aliphatic rings. The lowest BCUT2D eigenvalue weighted by atomic mass is 10.2. The van der Waals surface area contributed by atoms with E-state index in [9.17, 15) is 26.4 Å². The van der Waals surface area contributed by atoms with Crippen LogP contribution in [0.4, 0.5) is 18.9 Å². The van der Waals surface area contributed by atoms with Crippen molar-refractivity contribution in [2.24, 2.45) is 0 Å². The highest BCUT2D eigenvalue weighted by atomic mass is 32.2. The van der Waals surface area contributed by atoms with Crippen LogP contribution in [0.25, 0.3) is 0 Å². The maximum absolute atomic E-state index is 12.6. The zero-order valence-electron chi connectivity index (χ0n) is 13.4. The number of alkyl halides is 3. The minimum atomic E-state index is -4.42. The number of rotatable bonds is 5. The topological polar surface area (TPSA) is 57.7 Å². The highest BCUT2D eigenvalue weighted by molar-refractivity contribution is 7.89. The van der Waals surface area contributed by atoms with E-state index in [0.29, 0.717) is 18.7 Å². The first-order chi connectivity index (χ1) is 11.1. The fourth-order valence-electron chi connectivity index (χ4n) is 2.70. The number of sulfonamides is 1. The van der Waals surface area contributed by atoms with E-state index >= 15 is 0 Å². The molecular formula is C15H19F3N2O3S. The molecule has 0 bridgehead atoms. The summed E-state index contributed by atoms with van der Waals surface area (Å²) in [4.78, 5) is 13.0. The zero-order chi connectivity index (χ0) is 18.1. The first kappa shape index (κ1) is 18.7. The summed E-state index contributed by atoms with van der Waals surface area (Å²) in [7, 11) is -4.05. The Morgan fingerprint density at radius 3 is 2.54 bits per heavy atom. The van der Waals surface area contributed by atoms with E-state index in [2.05, 4.69) is 0 Å². The number of hydrogen-bond donors (Lipinski definition) is 0. The number of amides is 1. The molecule has 0 spiro atoms. The molecule has 9 heteroatoms. The Bertz CT molecular complexity index is 732. The minimum absolute atomic E-state index is 0.0636. The van der Waals surface area contributed by atoms with Gasteiger partial charge in [-0.05, 0) is 24.1 Å². The third-order valence-electron chi connectivity index (χ3n) is 3.97. The normalized spacial score (nSPS) is 15.0. The number of anilines is 1. The quantitative estimate of drug-likeness (QED) is 0.807. The molecule has 0 saturated carbocycles. The van der Waals surface area contributed by atoms with Crippen LogP contribution in [-0.4, -0.2) is 44.4 Å². The Morgan fingerprint density at radius 1 is 1.33 bits per heavy atom. The van der Waals surface area contributed by atoms with Gasteiger partial charge >= 0.3 is 6.18 Å². The second-order valence-corrected chi connectivity index (χ2v) is 7.51. The van der Waals surface area contributed by atoms with Crippen molar-refractivity contribution >= 4 is 21.6 Å². The molecule has 2 rings (SSSR count). The number of benzene rings is 1. The summed E-state index contributed by atoms with van der Waals surface area (Å²) in [5.74, 6) is -0.201. The monoisotopic (exact) mass is 364 g/mol. The molecule has 134 valence electrons. The first-order valence-corrected chi connectivity index (χ1v) is 8.98. The molecule has 1 aromatic carbocycles. The predicted octanol–water partition coefficient (Wildman–Crippen LogP) is 2.56. The van der Waals surface area contributed by atoms with Gasteiger partial charge < -0.3 is 4.90 Å². The van der Waals surface area contributed by atoms with Crippen molar-refractivity contribution in [3.63, 3.8) is 0 Å². The molecule has 0 fully saturated rings. The molecule has 24 heavy (non-hydrogen) atoms. The third-order valence-corrected chi connectivity index (χ3v) is 5.94. The van der Waals surface area contributed by atoms with Gasteiger partial charge in [-0.15, -0.1) is 0 Å². The van der Waals surface area contributed by atoms with E-state index in [1.165, 1.54) is 30.9 Å². The van der Waals surface area contributed by atoms with Gasteiger partial charge in [0.2, 0.25) is 15.9 Å². The van der Waals surface area contributed by atoms with Gasteiger partial charge in [-0.2, -0.15) is 17.5 Å². The standard InChI is InChI=1S/C15H19F3N2O3S/c1-3-19(9-7-15(16,17)18)24(22,23)13-5-4-12-6-8-20(11(2)21)14(12)10-13/h4-5,10H,3,6-9H2,1-2H3. The Hall–Kier alpha value is -1.61. The second-order valence-electron chi connectivity index (χ2n) is 5.57. The highest BCUT2D eigenvalue weighted by Crippen LogP contribution is 2.32. The van der Waals surface area contributed by atoms with E-state index in [-0.39, 0.29) is 17.3 Å². The van der Waals surface area contributed by atoms with Crippen molar-refractivity contribution in [3.8, 4) is 0 Å². The van der Waals surface area contributed by atoms with Crippen LogP contribution in [-0.2, 0) is 21.2 Å². The Kier molecular flexibility index (Phi) is 5.24. The van der Waals surface area contributed by atoms with Gasteiger partial charge in [0.25, 0.3) is 0 Å². The maximum atomic E-state index is 12.6. The van der Waals surface area contributed by atoms with Crippen molar-refractivity contribution in [2.75, 3.05) is 24.5 Å². The van der Waals surface area contributed by atoms with Gasteiger partial charge in [-0.25, -0.2) is 8.42 Å². The molecule has 0 N–H and O–H groups in total. The summed E-state index contributed by atoms with van der Waals surface area (Å²) >= 11 is 0. The molecule has 0 aromatic heterocycles. The maximum Gasteiger partial charge on any atom is 0.390 e. The summed E-state index contributed by atoms with van der Waals surface area (Å²) in [5.41, 5.74) is 1.36. The van der Waals surface area contributed by atoms with Crippen LogP contribution in [0.1, 0.15) is 25.8 Å². The molecule has 1 heterocycles. The van der Waals surface area contributed by atoms with E-state index < -0.39 is 29.2 Å². The van der Waals surface area contributed by atoms with Crippen molar-refractivity contribution in [1.29, 1.82) is 0 Å². The Morgan fingerprint density at radius 2 is 2.00 bits per heavy atom. The fraction of sp³-hybridized carbons (Fsp3) is 0.533. The van der Waals surface area contributed by atoms with E-state index in [1.807, 2.05) is 0 Å². The van der Waals surface area contributed by atoms with Crippen LogP contribution in [0.15, 0.2) is 23.1 Å². The second kappa shape index (κ2) is 6.72. The number of carbonyl (C=O) groups excluding carboxylic acids is 1. The van der Waals surface area contributed by atoms with Gasteiger partial charge in [0, 0.05) is 32.2 Å². The third kappa shape index (κ3) is 3.89. The number of carbonyl (C=O) groups is 1. The Labute approximate surface area is 139 Å². The zero-order valence-corrected chi connectivity index (χ0v) is 14.2. The molecule has 1 amide bonds. The first-order valence-electron chi connectivity index (χ1n) is 7.54. The van der Waals surface area contributed by atoms with Crippen molar-refractivity contribution in [1.82, 2.24) is 4.31 Å². The van der Waals surface area contributed by atoms with Crippen LogP contribution < -0.4 is 4.90 Å². The Balaban J connectivity index is 2.32. The van der Waals surface area contributed by atoms with Gasteiger partial charge in [-0.1, -0.05) is 13.0 Å². The van der Waals surface area contributed by atoms with Crippen LogP contribution in [0.3, 0.4) is 0 Å². The lowest BCUT2D eigenvalue weighted by molar-refractivity contribution is -0.135. The van der Waals surface area contributed by atoms with Gasteiger partial charge in [0.15, 0.2) is 0 Å². The van der Waals surface area contributed by atoms with Crippen LogP contribution in [0.2, 0.25) is 0 Å². The summed E-state index contributed by atoms with van der Waals surface area (Å²) in [6.07, 6.45) is -5.00. The van der Waals surface area contributed by atoms with E-state index in [0.717, 1.165) is 9.87 Å². The van der Waals surface area contributed by atoms with Gasteiger partial charge in [0.05, 0.1) is 11.3 Å². The molecule has 5 nitrogen and oxygen atoms in total. The molecule has 1 aromatic rings. The smallest absolute Gasteiger partial charge is 0.312 e. The molecular weight excluding hydrogens is 345 g/mol. The van der Waals surface area contributed by atoms with Crippen molar-refractivity contribution in [2.45, 2.75) is 37.8 Å². The lowest BCUT2D eigenvalue weighted by Crippen LogP contribution is -2.34. The number of halogens is 3. The van der Waals surface area contributed by atoms with Crippen LogP contribution >= 0.6 is 0 Å². The molecule has 0 atom stereocenters. The van der Waals surface area contributed by atoms with Gasteiger partial charge in [-0.3, -0.25) is 4.79 Å². The molecule has 0 unspecified atom stereocenters. The largest absolute Gasteiger partial charge is 0.390 e. The highest BCUT2D eigenvalue weighted by Gasteiger charge is 2.32. The minimum Gasteiger partial charge on any atom is -0.312 e. The number of nitrogens with zero attached hydrogens (tertiary/aromatic N) is 2.